The van der Waals surface area contributed by atoms with Crippen molar-refractivity contribution in [2.75, 3.05) is 11.9 Å². The maximum absolute atomic E-state index is 13.1. The fraction of sp³-hybridized carbons (Fsp3) is 0.360. The summed E-state index contributed by atoms with van der Waals surface area (Å²) in [6, 6.07) is 6.33. The molecule has 1 atom stereocenters. The number of carbonyl (C=O) groups is 2. The van der Waals surface area contributed by atoms with Crippen molar-refractivity contribution in [2.24, 2.45) is 0 Å². The van der Waals surface area contributed by atoms with E-state index in [1.165, 1.54) is 28.7 Å². The third-order valence-electron chi connectivity index (χ3n) is 5.85. The Bertz CT molecular complexity index is 1440. The molecular formula is C25H28N4O3S2. The third kappa shape index (κ3) is 4.30. The molecule has 3 aromatic heterocycles. The zero-order chi connectivity index (χ0) is 24.7. The Labute approximate surface area is 206 Å². The number of thioether (sulfide) groups is 1. The lowest BCUT2D eigenvalue weighted by Crippen LogP contribution is -2.23. The molecule has 1 unspecified atom stereocenters. The molecule has 0 aliphatic heterocycles. The van der Waals surface area contributed by atoms with Crippen molar-refractivity contribution < 1.29 is 14.3 Å². The number of pyridine rings is 1. The Morgan fingerprint density at radius 3 is 2.56 bits per heavy atom. The van der Waals surface area contributed by atoms with Crippen molar-refractivity contribution in [3.63, 3.8) is 0 Å². The summed E-state index contributed by atoms with van der Waals surface area (Å²) in [4.78, 5) is 26.6. The molecule has 3 heterocycles. The number of anilines is 1. The van der Waals surface area contributed by atoms with Crippen LogP contribution in [0.2, 0.25) is 0 Å². The van der Waals surface area contributed by atoms with Gasteiger partial charge in [0.1, 0.15) is 5.00 Å². The average molecular weight is 497 g/mol. The first-order valence-corrected chi connectivity index (χ1v) is 12.8. The largest absolute Gasteiger partial charge is 0.462 e. The fourth-order valence-corrected chi connectivity index (χ4v) is 5.99. The summed E-state index contributed by atoms with van der Waals surface area (Å²) in [6.07, 6.45) is 0. The molecule has 0 aliphatic carbocycles. The molecule has 0 fully saturated rings. The predicted molar refractivity (Wildman–Crippen MR) is 138 cm³/mol. The highest BCUT2D eigenvalue weighted by molar-refractivity contribution is 8.00. The molecule has 34 heavy (non-hydrogen) atoms. The summed E-state index contributed by atoms with van der Waals surface area (Å²) in [5.41, 5.74) is 6.52. The number of nitrogens with zero attached hydrogens (tertiary/aromatic N) is 3. The summed E-state index contributed by atoms with van der Waals surface area (Å²) >= 11 is 2.72. The van der Waals surface area contributed by atoms with E-state index < -0.39 is 11.2 Å². The van der Waals surface area contributed by atoms with Crippen LogP contribution in [-0.2, 0) is 9.53 Å². The molecule has 4 aromatic rings. The topological polar surface area (TPSA) is 85.6 Å². The van der Waals surface area contributed by atoms with Crippen molar-refractivity contribution in [3.8, 4) is 0 Å². The van der Waals surface area contributed by atoms with E-state index in [-0.39, 0.29) is 12.5 Å². The van der Waals surface area contributed by atoms with Crippen LogP contribution in [-0.4, -0.2) is 38.3 Å². The molecule has 178 valence electrons. The number of amides is 1. The van der Waals surface area contributed by atoms with Crippen LogP contribution >= 0.6 is 23.1 Å². The molecule has 1 amide bonds. The molecule has 4 rings (SSSR count). The number of benzene rings is 1. The molecule has 0 aliphatic rings. The van der Waals surface area contributed by atoms with Gasteiger partial charge in [-0.2, -0.15) is 0 Å². The number of ether oxygens (including phenoxy) is 1. The van der Waals surface area contributed by atoms with Crippen molar-refractivity contribution in [1.29, 1.82) is 0 Å². The second kappa shape index (κ2) is 9.38. The van der Waals surface area contributed by atoms with Crippen LogP contribution in [0.3, 0.4) is 0 Å². The van der Waals surface area contributed by atoms with Gasteiger partial charge in [0.2, 0.25) is 5.91 Å². The minimum Gasteiger partial charge on any atom is -0.462 e. The highest BCUT2D eigenvalue weighted by atomic mass is 32.2. The zero-order valence-corrected chi connectivity index (χ0v) is 22.0. The summed E-state index contributed by atoms with van der Waals surface area (Å²) in [5, 5.41) is 13.5. The second-order valence-corrected chi connectivity index (χ2v) is 11.0. The van der Waals surface area contributed by atoms with Crippen LogP contribution in [0.1, 0.15) is 51.3 Å². The monoisotopic (exact) mass is 496 g/mol. The number of nitrogens with one attached hydrogen (secondary N) is 1. The first-order valence-electron chi connectivity index (χ1n) is 11.1. The van der Waals surface area contributed by atoms with Crippen LogP contribution in [0.5, 0.6) is 0 Å². The number of carbonyl (C=O) groups excluding carboxylic acids is 2. The van der Waals surface area contributed by atoms with Gasteiger partial charge < -0.3 is 10.1 Å². The number of thiophene rings is 1. The smallest absolute Gasteiger partial charge is 0.341 e. The first-order chi connectivity index (χ1) is 16.1. The molecule has 1 aromatic carbocycles. The minimum absolute atomic E-state index is 0.211. The lowest BCUT2D eigenvalue weighted by Gasteiger charge is -2.14. The Morgan fingerprint density at radius 2 is 1.85 bits per heavy atom. The van der Waals surface area contributed by atoms with Gasteiger partial charge >= 0.3 is 5.97 Å². The summed E-state index contributed by atoms with van der Waals surface area (Å²) in [7, 11) is 0. The Morgan fingerprint density at radius 1 is 1.12 bits per heavy atom. The van der Waals surface area contributed by atoms with E-state index in [9.17, 15) is 9.59 Å². The molecule has 0 saturated carbocycles. The van der Waals surface area contributed by atoms with Gasteiger partial charge in [0, 0.05) is 10.3 Å². The molecule has 7 nitrogen and oxygen atoms in total. The predicted octanol–water partition coefficient (Wildman–Crippen LogP) is 5.78. The summed E-state index contributed by atoms with van der Waals surface area (Å²) in [6.45, 7) is 13.9. The van der Waals surface area contributed by atoms with E-state index in [0.717, 1.165) is 38.1 Å². The highest BCUT2D eigenvalue weighted by Gasteiger charge is 2.25. The van der Waals surface area contributed by atoms with Gasteiger partial charge in [0.15, 0.2) is 10.8 Å². The van der Waals surface area contributed by atoms with Crippen molar-refractivity contribution >= 4 is 56.5 Å². The number of aryl methyl sites for hydroxylation is 4. The quantitative estimate of drug-likeness (QED) is 0.269. The first kappa shape index (κ1) is 24.2. The van der Waals surface area contributed by atoms with E-state index in [4.69, 9.17) is 4.74 Å². The van der Waals surface area contributed by atoms with E-state index >= 15 is 0 Å². The standard InChI is InChI=1S/C25H28N4O3S2/c1-8-32-24(31)20-15(5)16(6)33-23(20)26-22(30)17(7)34-25-28-27-19-11-13(3)18-10-12(2)9-14(4)21(18)29(19)25/h9-11,17H,8H2,1-7H3,(H,26,30). The zero-order valence-electron chi connectivity index (χ0n) is 20.4. The minimum atomic E-state index is -0.465. The number of esters is 1. The van der Waals surface area contributed by atoms with Crippen molar-refractivity contribution in [1.82, 2.24) is 14.6 Å². The Kier molecular flexibility index (Phi) is 6.69. The Hall–Kier alpha value is -2.91. The molecule has 0 bridgehead atoms. The summed E-state index contributed by atoms with van der Waals surface area (Å²) in [5.74, 6) is -0.631. The van der Waals surface area contributed by atoms with E-state index in [2.05, 4.69) is 48.4 Å². The second-order valence-electron chi connectivity index (χ2n) is 8.44. The maximum atomic E-state index is 13.1. The van der Waals surface area contributed by atoms with Crippen molar-refractivity contribution in [3.05, 3.63) is 50.9 Å². The van der Waals surface area contributed by atoms with Gasteiger partial charge in [-0.25, -0.2) is 4.79 Å². The van der Waals surface area contributed by atoms with Gasteiger partial charge in [0.25, 0.3) is 0 Å². The Balaban J connectivity index is 1.65. The SMILES string of the molecule is CCOC(=O)c1c(NC(=O)C(C)Sc2nnc3cc(C)c4cc(C)cc(C)c4n23)sc(C)c1C. The fourth-order valence-electron chi connectivity index (χ4n) is 4.08. The molecule has 0 saturated heterocycles. The van der Waals surface area contributed by atoms with Crippen LogP contribution in [0.15, 0.2) is 23.4 Å². The van der Waals surface area contributed by atoms with Gasteiger partial charge in [-0.15, -0.1) is 21.5 Å². The number of hydrogen-bond donors (Lipinski definition) is 1. The molecule has 0 radical (unpaired) electrons. The maximum Gasteiger partial charge on any atom is 0.341 e. The molecular weight excluding hydrogens is 468 g/mol. The average Bonchev–Trinajstić information content (AvgIpc) is 3.28. The molecule has 9 heteroatoms. The molecule has 0 spiro atoms. The van der Waals surface area contributed by atoms with E-state index in [0.29, 0.717) is 15.7 Å². The van der Waals surface area contributed by atoms with Gasteiger partial charge in [-0.1, -0.05) is 23.4 Å². The van der Waals surface area contributed by atoms with Crippen LogP contribution < -0.4 is 5.32 Å². The van der Waals surface area contributed by atoms with Crippen LogP contribution in [0.4, 0.5) is 5.00 Å². The summed E-state index contributed by atoms with van der Waals surface area (Å²) < 4.78 is 7.22. The lowest BCUT2D eigenvalue weighted by atomic mass is 10.0. The number of rotatable bonds is 6. The number of hydrogen-bond acceptors (Lipinski definition) is 7. The lowest BCUT2D eigenvalue weighted by molar-refractivity contribution is -0.115. The van der Waals surface area contributed by atoms with Crippen molar-refractivity contribution in [2.45, 2.75) is 58.9 Å². The van der Waals surface area contributed by atoms with E-state index in [1.54, 1.807) is 6.92 Å². The molecule has 1 N–H and O–H groups in total. The van der Waals surface area contributed by atoms with Crippen LogP contribution in [0.25, 0.3) is 16.6 Å². The number of fused-ring (bicyclic) bond motifs is 3. The van der Waals surface area contributed by atoms with Gasteiger partial charge in [0.05, 0.1) is 22.9 Å². The van der Waals surface area contributed by atoms with E-state index in [1.807, 2.05) is 31.2 Å². The normalized spacial score (nSPS) is 12.3. The van der Waals surface area contributed by atoms with Crippen LogP contribution in [0, 0.1) is 34.6 Å². The van der Waals surface area contributed by atoms with Gasteiger partial charge in [-0.05, 0) is 77.3 Å². The third-order valence-corrected chi connectivity index (χ3v) is 8.02. The number of aromatic nitrogens is 3. The highest BCUT2D eigenvalue weighted by Crippen LogP contribution is 2.35. The van der Waals surface area contributed by atoms with Gasteiger partial charge in [-0.3, -0.25) is 9.20 Å².